The number of hydrogen-bond acceptors (Lipinski definition) is 3. The van der Waals surface area contributed by atoms with Gasteiger partial charge in [-0.05, 0) is 37.1 Å². The van der Waals surface area contributed by atoms with Crippen LogP contribution < -0.4 is 0 Å². The molecule has 2 rings (SSSR count). The number of carboxylic acids is 1. The lowest BCUT2D eigenvalue weighted by Gasteiger charge is -2.26. The molecular formula is C13H18O3S. The maximum atomic E-state index is 10.8. The number of ether oxygens (including phenoxy) is 1. The second-order valence-electron chi connectivity index (χ2n) is 4.51. The average molecular weight is 254 g/mol. The van der Waals surface area contributed by atoms with Crippen molar-refractivity contribution < 1.29 is 14.6 Å². The Hall–Kier alpha value is -0.870. The topological polar surface area (TPSA) is 46.5 Å². The number of thiophene rings is 1. The van der Waals surface area contributed by atoms with Gasteiger partial charge < -0.3 is 9.84 Å². The predicted molar refractivity (Wildman–Crippen MR) is 67.4 cm³/mol. The Morgan fingerprint density at radius 2 is 2.18 bits per heavy atom. The van der Waals surface area contributed by atoms with E-state index in [9.17, 15) is 4.79 Å². The van der Waals surface area contributed by atoms with E-state index in [1.807, 2.05) is 0 Å². The Balaban J connectivity index is 1.63. The Kier molecular flexibility index (Phi) is 4.57. The van der Waals surface area contributed by atoms with Gasteiger partial charge >= 0.3 is 5.97 Å². The molecule has 1 N–H and O–H groups in total. The van der Waals surface area contributed by atoms with Crippen molar-refractivity contribution >= 4 is 17.3 Å². The minimum absolute atomic E-state index is 0.146. The number of aliphatic carboxylic acids is 1. The summed E-state index contributed by atoms with van der Waals surface area (Å²) in [5, 5.41) is 11.0. The van der Waals surface area contributed by atoms with Gasteiger partial charge in [-0.15, -0.1) is 11.3 Å². The third-order valence-electron chi connectivity index (χ3n) is 3.31. The number of carbonyl (C=O) groups is 1. The maximum Gasteiger partial charge on any atom is 0.306 e. The van der Waals surface area contributed by atoms with Crippen molar-refractivity contribution in [1.82, 2.24) is 0 Å². The van der Waals surface area contributed by atoms with Gasteiger partial charge in [-0.3, -0.25) is 4.79 Å². The van der Waals surface area contributed by atoms with Gasteiger partial charge in [0.1, 0.15) is 0 Å². The first kappa shape index (κ1) is 12.6. The van der Waals surface area contributed by atoms with Crippen molar-refractivity contribution in [2.45, 2.75) is 38.2 Å². The Morgan fingerprint density at radius 1 is 1.41 bits per heavy atom. The largest absolute Gasteiger partial charge is 0.481 e. The first-order chi connectivity index (χ1) is 8.25. The highest BCUT2D eigenvalue weighted by atomic mass is 32.1. The van der Waals surface area contributed by atoms with Crippen LogP contribution in [0.2, 0.25) is 0 Å². The van der Waals surface area contributed by atoms with Crippen molar-refractivity contribution in [3.63, 3.8) is 0 Å². The second kappa shape index (κ2) is 6.17. The lowest BCUT2D eigenvalue weighted by atomic mass is 9.87. The summed E-state index contributed by atoms with van der Waals surface area (Å²) in [6.07, 6.45) is 4.54. The maximum absolute atomic E-state index is 10.8. The van der Waals surface area contributed by atoms with Crippen LogP contribution in [0, 0.1) is 5.92 Å². The van der Waals surface area contributed by atoms with Crippen molar-refractivity contribution in [3.8, 4) is 0 Å². The van der Waals surface area contributed by atoms with Crippen LogP contribution in [0.25, 0.3) is 0 Å². The predicted octanol–water partition coefficient (Wildman–Crippen LogP) is 2.95. The van der Waals surface area contributed by atoms with Gasteiger partial charge in [0.15, 0.2) is 0 Å². The van der Waals surface area contributed by atoms with Gasteiger partial charge in [0.05, 0.1) is 18.6 Å². The molecule has 0 aromatic carbocycles. The summed E-state index contributed by atoms with van der Waals surface area (Å²) in [4.78, 5) is 12.1. The summed E-state index contributed by atoms with van der Waals surface area (Å²) >= 11 is 1.76. The van der Waals surface area contributed by atoms with Gasteiger partial charge in [-0.2, -0.15) is 0 Å². The highest BCUT2D eigenvalue weighted by Crippen LogP contribution is 2.26. The lowest BCUT2D eigenvalue weighted by molar-refractivity contribution is -0.143. The minimum atomic E-state index is -0.651. The molecule has 4 heteroatoms. The first-order valence-electron chi connectivity index (χ1n) is 6.12. The summed E-state index contributed by atoms with van der Waals surface area (Å²) in [5.41, 5.74) is 0. The van der Waals surface area contributed by atoms with E-state index < -0.39 is 5.97 Å². The highest BCUT2D eigenvalue weighted by molar-refractivity contribution is 7.09. The second-order valence-corrected chi connectivity index (χ2v) is 5.54. The van der Waals surface area contributed by atoms with E-state index in [1.165, 1.54) is 4.88 Å². The first-order valence-corrected chi connectivity index (χ1v) is 7.00. The van der Waals surface area contributed by atoms with E-state index in [-0.39, 0.29) is 12.0 Å². The summed E-state index contributed by atoms with van der Waals surface area (Å²) in [5.74, 6) is -0.797. The molecule has 1 aromatic heterocycles. The molecule has 1 saturated carbocycles. The van der Waals surface area contributed by atoms with Crippen LogP contribution in [-0.4, -0.2) is 23.8 Å². The van der Waals surface area contributed by atoms with E-state index in [2.05, 4.69) is 17.5 Å². The molecule has 0 atom stereocenters. The van der Waals surface area contributed by atoms with Crippen LogP contribution in [0.15, 0.2) is 17.5 Å². The third-order valence-corrected chi connectivity index (χ3v) is 4.24. The molecule has 0 bridgehead atoms. The summed E-state index contributed by atoms with van der Waals surface area (Å²) in [7, 11) is 0. The van der Waals surface area contributed by atoms with Crippen molar-refractivity contribution in [3.05, 3.63) is 22.4 Å². The molecular weight excluding hydrogens is 236 g/mol. The zero-order valence-corrected chi connectivity index (χ0v) is 10.6. The summed E-state index contributed by atoms with van der Waals surface area (Å²) in [6.45, 7) is 0.753. The highest BCUT2D eigenvalue weighted by Gasteiger charge is 2.26. The molecule has 17 heavy (non-hydrogen) atoms. The van der Waals surface area contributed by atoms with E-state index in [0.717, 1.165) is 38.7 Å². The molecule has 0 amide bonds. The Morgan fingerprint density at radius 3 is 2.76 bits per heavy atom. The van der Waals surface area contributed by atoms with E-state index in [1.54, 1.807) is 11.3 Å². The van der Waals surface area contributed by atoms with Crippen LogP contribution in [0.3, 0.4) is 0 Å². The normalized spacial score (nSPS) is 24.7. The van der Waals surface area contributed by atoms with E-state index >= 15 is 0 Å². The minimum Gasteiger partial charge on any atom is -0.481 e. The molecule has 1 aliphatic rings. The molecule has 1 fully saturated rings. The number of rotatable bonds is 5. The molecule has 0 radical (unpaired) electrons. The van der Waals surface area contributed by atoms with Crippen LogP contribution >= 0.6 is 11.3 Å². The van der Waals surface area contributed by atoms with Crippen LogP contribution in [0.5, 0.6) is 0 Å². The van der Waals surface area contributed by atoms with Gasteiger partial charge in [0.25, 0.3) is 0 Å². The molecule has 0 aliphatic heterocycles. The smallest absolute Gasteiger partial charge is 0.306 e. The quantitative estimate of drug-likeness (QED) is 0.878. The fourth-order valence-corrected chi connectivity index (χ4v) is 2.95. The molecule has 0 saturated heterocycles. The van der Waals surface area contributed by atoms with Crippen LogP contribution in [-0.2, 0) is 16.0 Å². The van der Waals surface area contributed by atoms with Gasteiger partial charge in [0.2, 0.25) is 0 Å². The molecule has 0 spiro atoms. The van der Waals surface area contributed by atoms with Crippen LogP contribution in [0.4, 0.5) is 0 Å². The third kappa shape index (κ3) is 3.82. The fourth-order valence-electron chi connectivity index (χ4n) is 2.26. The molecule has 94 valence electrons. The molecule has 1 heterocycles. The average Bonchev–Trinajstić information content (AvgIpc) is 2.83. The van der Waals surface area contributed by atoms with E-state index in [0.29, 0.717) is 0 Å². The van der Waals surface area contributed by atoms with Crippen molar-refractivity contribution in [2.75, 3.05) is 6.61 Å². The molecule has 3 nitrogen and oxygen atoms in total. The summed E-state index contributed by atoms with van der Waals surface area (Å²) < 4.78 is 5.80. The Labute approximate surface area is 105 Å². The number of carboxylic acid groups (broad SMARTS) is 1. The molecule has 1 aromatic rings. The van der Waals surface area contributed by atoms with Crippen molar-refractivity contribution in [1.29, 1.82) is 0 Å². The number of hydrogen-bond donors (Lipinski definition) is 1. The monoisotopic (exact) mass is 254 g/mol. The van der Waals surface area contributed by atoms with Gasteiger partial charge in [0, 0.05) is 11.3 Å². The van der Waals surface area contributed by atoms with E-state index in [4.69, 9.17) is 9.84 Å². The fraction of sp³-hybridized carbons (Fsp3) is 0.615. The summed E-state index contributed by atoms with van der Waals surface area (Å²) in [6, 6.07) is 4.17. The zero-order chi connectivity index (χ0) is 12.1. The lowest BCUT2D eigenvalue weighted by Crippen LogP contribution is -2.26. The van der Waals surface area contributed by atoms with Gasteiger partial charge in [-0.25, -0.2) is 0 Å². The van der Waals surface area contributed by atoms with Gasteiger partial charge in [-0.1, -0.05) is 6.07 Å². The van der Waals surface area contributed by atoms with Crippen LogP contribution in [0.1, 0.15) is 30.6 Å². The Bertz CT molecular complexity index is 340. The molecule has 0 unspecified atom stereocenters. The standard InChI is InChI=1S/C13H18O3S/c14-13(15)10-3-5-11(6-4-10)16-8-7-12-2-1-9-17-12/h1-2,9-11H,3-8H2,(H,14,15). The SMILES string of the molecule is O=C(O)C1CCC(OCCc2cccs2)CC1. The van der Waals surface area contributed by atoms with Crippen molar-refractivity contribution in [2.24, 2.45) is 5.92 Å². The molecule has 1 aliphatic carbocycles. The zero-order valence-electron chi connectivity index (χ0n) is 9.80.